The molecule has 214 valence electrons. The van der Waals surface area contributed by atoms with Gasteiger partial charge < -0.3 is 24.9 Å². The first-order chi connectivity index (χ1) is 19.3. The molecule has 5 rings (SSSR count). The molecule has 40 heavy (non-hydrogen) atoms. The van der Waals surface area contributed by atoms with Crippen molar-refractivity contribution in [2.75, 3.05) is 56.0 Å². The zero-order valence-electron chi connectivity index (χ0n) is 22.1. The fourth-order valence-electron chi connectivity index (χ4n) is 4.47. The van der Waals surface area contributed by atoms with Crippen LogP contribution in [0.15, 0.2) is 46.4 Å². The first kappa shape index (κ1) is 28.4. The number of sulfone groups is 1. The number of thiazole rings is 1. The molecule has 0 bridgehead atoms. The predicted molar refractivity (Wildman–Crippen MR) is 153 cm³/mol. The molecule has 4 heterocycles. The van der Waals surface area contributed by atoms with E-state index in [4.69, 9.17) is 25.0 Å². The van der Waals surface area contributed by atoms with Gasteiger partial charge in [-0.05, 0) is 37.1 Å². The standard InChI is InChI=1S/C26H32N6O6S2/c1-36-12-2-14-40(34,35)20-5-3-17(4-6-20)23(31-38-19-10-13-37-16-19)24(33)30-26-28-21-7-8-22(29-25(21)39-26)32-11-9-18(27)15-32/h3-8,18-19H,2,9-16,27H2,1H3,(H,28,30,33)/b31-23+/t18?,19-/m1/s1. The number of fused-ring (bicyclic) bond motifs is 1. The lowest BCUT2D eigenvalue weighted by atomic mass is 10.1. The lowest BCUT2D eigenvalue weighted by molar-refractivity contribution is -0.110. The van der Waals surface area contributed by atoms with Crippen LogP contribution in [0.25, 0.3) is 10.3 Å². The van der Waals surface area contributed by atoms with Gasteiger partial charge in [0.2, 0.25) is 0 Å². The lowest BCUT2D eigenvalue weighted by Gasteiger charge is -2.16. The van der Waals surface area contributed by atoms with E-state index in [1.807, 2.05) is 12.1 Å². The number of aromatic nitrogens is 2. The van der Waals surface area contributed by atoms with Crippen molar-refractivity contribution in [3.8, 4) is 0 Å². The first-order valence-corrected chi connectivity index (χ1v) is 15.5. The van der Waals surface area contributed by atoms with Crippen LogP contribution in [0.4, 0.5) is 10.9 Å². The monoisotopic (exact) mass is 588 g/mol. The fourth-order valence-corrected chi connectivity index (χ4v) is 6.58. The summed E-state index contributed by atoms with van der Waals surface area (Å²) in [5.74, 6) is 0.248. The highest BCUT2D eigenvalue weighted by atomic mass is 32.2. The second-order valence-electron chi connectivity index (χ2n) is 9.68. The molecule has 3 N–H and O–H groups in total. The second kappa shape index (κ2) is 12.6. The molecule has 12 nitrogen and oxygen atoms in total. The van der Waals surface area contributed by atoms with Crippen molar-refractivity contribution in [3.63, 3.8) is 0 Å². The number of nitrogens with one attached hydrogen (secondary N) is 1. The van der Waals surface area contributed by atoms with Gasteiger partial charge in [0.05, 0.1) is 23.9 Å². The zero-order valence-corrected chi connectivity index (χ0v) is 23.7. The summed E-state index contributed by atoms with van der Waals surface area (Å²) < 4.78 is 35.6. The molecule has 0 saturated carbocycles. The number of rotatable bonds is 11. The van der Waals surface area contributed by atoms with Crippen molar-refractivity contribution >= 4 is 54.1 Å². The Hall–Kier alpha value is -3.17. The van der Waals surface area contributed by atoms with Crippen LogP contribution in [-0.2, 0) is 28.9 Å². The Bertz CT molecular complexity index is 1470. The van der Waals surface area contributed by atoms with E-state index in [-0.39, 0.29) is 28.5 Å². The third-order valence-corrected chi connectivity index (χ3v) is 9.35. The minimum atomic E-state index is -3.49. The number of amides is 1. The number of nitrogens with two attached hydrogens (primary N) is 1. The average molecular weight is 589 g/mol. The molecule has 0 aliphatic carbocycles. The Morgan fingerprint density at radius 2 is 2.05 bits per heavy atom. The number of carbonyl (C=O) groups is 1. The van der Waals surface area contributed by atoms with Crippen LogP contribution in [0, 0.1) is 0 Å². The number of benzene rings is 1. The molecule has 2 saturated heterocycles. The summed E-state index contributed by atoms with van der Waals surface area (Å²) in [7, 11) is -1.96. The number of anilines is 2. The van der Waals surface area contributed by atoms with Crippen LogP contribution in [0.3, 0.4) is 0 Å². The number of hydrogen-bond donors (Lipinski definition) is 2. The molecule has 2 aliphatic rings. The van der Waals surface area contributed by atoms with E-state index in [0.717, 1.165) is 25.3 Å². The van der Waals surface area contributed by atoms with Gasteiger partial charge in [-0.2, -0.15) is 0 Å². The van der Waals surface area contributed by atoms with Crippen LogP contribution < -0.4 is 16.0 Å². The fraction of sp³-hybridized carbons (Fsp3) is 0.462. The van der Waals surface area contributed by atoms with Gasteiger partial charge in [-0.1, -0.05) is 28.6 Å². The largest absolute Gasteiger partial charge is 0.389 e. The number of pyridine rings is 1. The van der Waals surface area contributed by atoms with Crippen molar-refractivity contribution in [1.29, 1.82) is 0 Å². The van der Waals surface area contributed by atoms with Gasteiger partial charge in [-0.15, -0.1) is 0 Å². The van der Waals surface area contributed by atoms with Gasteiger partial charge in [0, 0.05) is 44.8 Å². The zero-order chi connectivity index (χ0) is 28.1. The summed E-state index contributed by atoms with van der Waals surface area (Å²) >= 11 is 1.25. The van der Waals surface area contributed by atoms with E-state index in [2.05, 4.69) is 20.4 Å². The molecular weight excluding hydrogens is 556 g/mol. The minimum absolute atomic E-state index is 0.00538. The van der Waals surface area contributed by atoms with Crippen LogP contribution in [-0.4, -0.2) is 87.9 Å². The Labute approximate surface area is 236 Å². The molecule has 2 aliphatic heterocycles. The Morgan fingerprint density at radius 3 is 2.75 bits per heavy atom. The third kappa shape index (κ3) is 6.75. The normalized spacial score (nSPS) is 19.9. The Morgan fingerprint density at radius 1 is 1.23 bits per heavy atom. The third-order valence-electron chi connectivity index (χ3n) is 6.65. The van der Waals surface area contributed by atoms with E-state index >= 15 is 0 Å². The number of carbonyl (C=O) groups excluding carboxylic acids is 1. The lowest BCUT2D eigenvalue weighted by Crippen LogP contribution is -2.26. The van der Waals surface area contributed by atoms with E-state index < -0.39 is 15.7 Å². The van der Waals surface area contributed by atoms with Crippen LogP contribution in [0.5, 0.6) is 0 Å². The SMILES string of the molecule is COCCCS(=O)(=O)c1ccc(/C(=N\O[C@@H]2CCOC2)C(=O)Nc2nc3ccc(N4CCC(N)C4)nc3s2)cc1. The van der Waals surface area contributed by atoms with E-state index in [1.54, 1.807) is 12.1 Å². The molecule has 1 amide bonds. The van der Waals surface area contributed by atoms with Crippen LogP contribution >= 0.6 is 11.3 Å². The van der Waals surface area contributed by atoms with Crippen molar-refractivity contribution in [2.24, 2.45) is 10.9 Å². The second-order valence-corrected chi connectivity index (χ2v) is 12.8. The number of nitrogens with zero attached hydrogens (tertiary/aromatic N) is 4. The van der Waals surface area contributed by atoms with Crippen molar-refractivity contribution in [3.05, 3.63) is 42.0 Å². The molecule has 0 radical (unpaired) electrons. The molecule has 2 fully saturated rings. The molecule has 1 aromatic carbocycles. The van der Waals surface area contributed by atoms with Crippen LogP contribution in [0.1, 0.15) is 24.8 Å². The molecule has 2 aromatic heterocycles. The Kier molecular flexibility index (Phi) is 8.90. The smallest absolute Gasteiger partial charge is 0.280 e. The maximum absolute atomic E-state index is 13.4. The topological polar surface area (TPSA) is 158 Å². The van der Waals surface area contributed by atoms with Gasteiger partial charge in [0.1, 0.15) is 16.2 Å². The number of hydrogen-bond acceptors (Lipinski definition) is 12. The highest BCUT2D eigenvalue weighted by Gasteiger charge is 2.24. The number of ether oxygens (including phenoxy) is 2. The summed E-state index contributed by atoms with van der Waals surface area (Å²) in [5.41, 5.74) is 7.10. The van der Waals surface area contributed by atoms with Gasteiger partial charge >= 0.3 is 0 Å². The van der Waals surface area contributed by atoms with Crippen molar-refractivity contribution in [1.82, 2.24) is 9.97 Å². The number of oxime groups is 1. The van der Waals surface area contributed by atoms with E-state index in [1.165, 1.54) is 30.6 Å². The summed E-state index contributed by atoms with van der Waals surface area (Å²) in [6.07, 6.45) is 1.69. The maximum atomic E-state index is 13.4. The van der Waals surface area contributed by atoms with Gasteiger partial charge in [-0.25, -0.2) is 18.4 Å². The average Bonchev–Trinajstić information content (AvgIpc) is 3.70. The summed E-state index contributed by atoms with van der Waals surface area (Å²) in [5, 5.41) is 7.31. The van der Waals surface area contributed by atoms with Gasteiger partial charge in [0.25, 0.3) is 5.91 Å². The predicted octanol–water partition coefficient (Wildman–Crippen LogP) is 2.19. The highest BCUT2D eigenvalue weighted by Crippen LogP contribution is 2.28. The van der Waals surface area contributed by atoms with E-state index in [9.17, 15) is 13.2 Å². The molecule has 3 aromatic rings. The molecule has 2 atom stereocenters. The first-order valence-electron chi connectivity index (χ1n) is 13.1. The molecule has 0 spiro atoms. The summed E-state index contributed by atoms with van der Waals surface area (Å²) in [6, 6.07) is 9.93. The van der Waals surface area contributed by atoms with E-state index in [0.29, 0.717) is 53.7 Å². The Balaban J connectivity index is 1.35. The number of methoxy groups -OCH3 is 1. The molecule has 14 heteroatoms. The quantitative estimate of drug-likeness (QED) is 0.193. The van der Waals surface area contributed by atoms with Crippen molar-refractivity contribution < 1.29 is 27.5 Å². The summed E-state index contributed by atoms with van der Waals surface area (Å²) in [6.45, 7) is 2.89. The van der Waals surface area contributed by atoms with Gasteiger partial charge in [0.15, 0.2) is 26.8 Å². The summed E-state index contributed by atoms with van der Waals surface area (Å²) in [4.78, 5) is 31.2. The highest BCUT2D eigenvalue weighted by molar-refractivity contribution is 7.91. The van der Waals surface area contributed by atoms with Gasteiger partial charge in [-0.3, -0.25) is 10.1 Å². The minimum Gasteiger partial charge on any atom is -0.389 e. The molecular formula is C26H32N6O6S2. The van der Waals surface area contributed by atoms with Crippen LogP contribution in [0.2, 0.25) is 0 Å². The van der Waals surface area contributed by atoms with Crippen molar-refractivity contribution in [2.45, 2.75) is 36.3 Å². The maximum Gasteiger partial charge on any atom is 0.280 e. The molecule has 1 unspecified atom stereocenters.